The summed E-state index contributed by atoms with van der Waals surface area (Å²) < 4.78 is 5.70. The van der Waals surface area contributed by atoms with Crippen LogP contribution in [0.4, 0.5) is 5.69 Å². The van der Waals surface area contributed by atoms with Gasteiger partial charge in [-0.1, -0.05) is 23.7 Å². The third-order valence-electron chi connectivity index (χ3n) is 5.38. The molecule has 0 bridgehead atoms. The summed E-state index contributed by atoms with van der Waals surface area (Å²) in [6.07, 6.45) is 0. The van der Waals surface area contributed by atoms with E-state index in [2.05, 4.69) is 36.9 Å². The van der Waals surface area contributed by atoms with Crippen LogP contribution >= 0.6 is 11.6 Å². The highest BCUT2D eigenvalue weighted by Gasteiger charge is 2.25. The van der Waals surface area contributed by atoms with Crippen LogP contribution in [0.1, 0.15) is 21.7 Å². The molecule has 5 nitrogen and oxygen atoms in total. The number of hydrogen-bond donors (Lipinski definition) is 0. The van der Waals surface area contributed by atoms with Crippen molar-refractivity contribution in [3.05, 3.63) is 74.6 Å². The van der Waals surface area contributed by atoms with Crippen molar-refractivity contribution >= 4 is 34.2 Å². The molecule has 0 aliphatic carbocycles. The Hall–Kier alpha value is -2.79. The Kier molecular flexibility index (Phi) is 4.85. The molecule has 1 amide bonds. The lowest BCUT2D eigenvalue weighted by Crippen LogP contribution is -2.49. The molecule has 144 valence electrons. The number of fused-ring (bicyclic) bond motifs is 1. The minimum Gasteiger partial charge on any atom is -0.451 e. The molecule has 0 radical (unpaired) electrons. The van der Waals surface area contributed by atoms with Crippen molar-refractivity contribution < 1.29 is 9.21 Å². The van der Waals surface area contributed by atoms with Crippen LogP contribution < -0.4 is 10.3 Å². The second-order valence-electron chi connectivity index (χ2n) is 7.11. The van der Waals surface area contributed by atoms with Gasteiger partial charge in [0, 0.05) is 43.0 Å². The number of benzene rings is 2. The molecule has 2 heterocycles. The van der Waals surface area contributed by atoms with Crippen LogP contribution in [0.2, 0.25) is 5.02 Å². The van der Waals surface area contributed by atoms with E-state index in [0.717, 1.165) is 13.1 Å². The highest BCUT2D eigenvalue weighted by Crippen LogP contribution is 2.24. The molecule has 0 spiro atoms. The van der Waals surface area contributed by atoms with E-state index in [1.54, 1.807) is 23.1 Å². The van der Waals surface area contributed by atoms with Gasteiger partial charge in [-0.2, -0.15) is 0 Å². The summed E-state index contributed by atoms with van der Waals surface area (Å²) >= 11 is 5.94. The van der Waals surface area contributed by atoms with Crippen molar-refractivity contribution in [3.63, 3.8) is 0 Å². The van der Waals surface area contributed by atoms with Crippen molar-refractivity contribution in [2.45, 2.75) is 13.8 Å². The molecule has 0 unspecified atom stereocenters. The van der Waals surface area contributed by atoms with Gasteiger partial charge in [0.1, 0.15) is 5.58 Å². The van der Waals surface area contributed by atoms with Gasteiger partial charge in [0.05, 0.1) is 5.39 Å². The third kappa shape index (κ3) is 3.38. The number of amides is 1. The van der Waals surface area contributed by atoms with E-state index in [9.17, 15) is 9.59 Å². The fourth-order valence-electron chi connectivity index (χ4n) is 3.62. The number of hydrogen-bond acceptors (Lipinski definition) is 4. The number of carbonyl (C=O) groups excluding carboxylic acids is 1. The zero-order chi connectivity index (χ0) is 19.8. The van der Waals surface area contributed by atoms with E-state index in [0.29, 0.717) is 29.1 Å². The molecule has 1 saturated heterocycles. The van der Waals surface area contributed by atoms with Crippen LogP contribution in [0.3, 0.4) is 0 Å². The molecule has 6 heteroatoms. The Bertz CT molecular complexity index is 1110. The van der Waals surface area contributed by atoms with Crippen molar-refractivity contribution in [2.75, 3.05) is 31.1 Å². The predicted molar refractivity (Wildman–Crippen MR) is 112 cm³/mol. The van der Waals surface area contributed by atoms with E-state index in [1.165, 1.54) is 22.9 Å². The zero-order valence-corrected chi connectivity index (χ0v) is 16.6. The van der Waals surface area contributed by atoms with Crippen LogP contribution in [-0.2, 0) is 0 Å². The molecule has 1 fully saturated rings. The molecular formula is C22H21ClN2O3. The molecule has 1 aromatic heterocycles. The largest absolute Gasteiger partial charge is 0.451 e. The van der Waals surface area contributed by atoms with Crippen molar-refractivity contribution in [1.82, 2.24) is 4.90 Å². The lowest BCUT2D eigenvalue weighted by molar-refractivity contribution is 0.0715. The zero-order valence-electron chi connectivity index (χ0n) is 15.9. The predicted octanol–water partition coefficient (Wildman–Crippen LogP) is 4.03. The monoisotopic (exact) mass is 396 g/mol. The quantitative estimate of drug-likeness (QED) is 0.656. The molecule has 1 aliphatic heterocycles. The fourth-order valence-corrected chi connectivity index (χ4v) is 3.79. The first-order valence-electron chi connectivity index (χ1n) is 9.28. The Morgan fingerprint density at radius 3 is 2.54 bits per heavy atom. The van der Waals surface area contributed by atoms with E-state index in [1.807, 2.05) is 0 Å². The lowest BCUT2D eigenvalue weighted by atomic mass is 10.1. The first-order valence-corrected chi connectivity index (χ1v) is 9.65. The number of nitrogens with zero attached hydrogens (tertiary/aromatic N) is 2. The average molecular weight is 397 g/mol. The molecule has 0 atom stereocenters. The summed E-state index contributed by atoms with van der Waals surface area (Å²) in [5.41, 5.74) is 3.84. The molecule has 28 heavy (non-hydrogen) atoms. The maximum atomic E-state index is 12.9. The van der Waals surface area contributed by atoms with Crippen molar-refractivity contribution in [3.8, 4) is 0 Å². The third-order valence-corrected chi connectivity index (χ3v) is 5.62. The Balaban J connectivity index is 1.53. The number of halogens is 1. The van der Waals surface area contributed by atoms with E-state index < -0.39 is 0 Å². The topological polar surface area (TPSA) is 53.8 Å². The van der Waals surface area contributed by atoms with E-state index in [-0.39, 0.29) is 17.1 Å². The molecule has 1 aliphatic rings. The molecule has 2 aromatic carbocycles. The SMILES string of the molecule is Cc1cccc(N2CCN(C(=O)c3cc(=O)c4cc(Cl)ccc4o3)CC2)c1C. The van der Waals surface area contributed by atoms with Crippen LogP contribution in [-0.4, -0.2) is 37.0 Å². The summed E-state index contributed by atoms with van der Waals surface area (Å²) in [4.78, 5) is 29.3. The number of piperazine rings is 1. The van der Waals surface area contributed by atoms with Gasteiger partial charge in [-0.3, -0.25) is 9.59 Å². The van der Waals surface area contributed by atoms with Crippen molar-refractivity contribution in [1.29, 1.82) is 0 Å². The molecular weight excluding hydrogens is 376 g/mol. The van der Waals surface area contributed by atoms with Gasteiger partial charge in [0.2, 0.25) is 0 Å². The first kappa shape index (κ1) is 18.6. The number of rotatable bonds is 2. The Morgan fingerprint density at radius 1 is 1.04 bits per heavy atom. The van der Waals surface area contributed by atoms with Crippen LogP contribution in [0.25, 0.3) is 11.0 Å². The summed E-state index contributed by atoms with van der Waals surface area (Å²) in [5.74, 6) is -0.186. The normalized spacial score (nSPS) is 14.5. The van der Waals surface area contributed by atoms with Gasteiger partial charge >= 0.3 is 0 Å². The summed E-state index contributed by atoms with van der Waals surface area (Å²) in [7, 11) is 0. The van der Waals surface area contributed by atoms with Crippen molar-refractivity contribution in [2.24, 2.45) is 0 Å². The summed E-state index contributed by atoms with van der Waals surface area (Å²) in [6.45, 7) is 6.86. The molecule has 3 aromatic rings. The molecule has 4 rings (SSSR count). The molecule has 0 N–H and O–H groups in total. The fraction of sp³-hybridized carbons (Fsp3) is 0.273. The smallest absolute Gasteiger partial charge is 0.289 e. The standard InChI is InChI=1S/C22H21ClN2O3/c1-14-4-3-5-18(15(14)2)24-8-10-25(11-9-24)22(27)21-13-19(26)17-12-16(23)6-7-20(17)28-21/h3-7,12-13H,8-11H2,1-2H3. The Morgan fingerprint density at radius 2 is 1.79 bits per heavy atom. The van der Waals surface area contributed by atoms with Gasteiger partial charge in [-0.15, -0.1) is 0 Å². The van der Waals surface area contributed by atoms with E-state index >= 15 is 0 Å². The highest BCUT2D eigenvalue weighted by atomic mass is 35.5. The number of aryl methyl sites for hydroxylation is 1. The lowest BCUT2D eigenvalue weighted by Gasteiger charge is -2.36. The minimum atomic E-state index is -0.263. The minimum absolute atomic E-state index is 0.0695. The maximum absolute atomic E-state index is 12.9. The van der Waals surface area contributed by atoms with Crippen LogP contribution in [0.5, 0.6) is 0 Å². The maximum Gasteiger partial charge on any atom is 0.289 e. The van der Waals surface area contributed by atoms with Gasteiger partial charge in [0.25, 0.3) is 5.91 Å². The Labute approximate surface area is 168 Å². The number of anilines is 1. The van der Waals surface area contributed by atoms with Crippen LogP contribution in [0, 0.1) is 13.8 Å². The number of carbonyl (C=O) groups is 1. The van der Waals surface area contributed by atoms with Crippen LogP contribution in [0.15, 0.2) is 51.7 Å². The average Bonchev–Trinajstić information content (AvgIpc) is 2.70. The summed E-state index contributed by atoms with van der Waals surface area (Å²) in [5, 5.41) is 0.838. The second kappa shape index (κ2) is 7.32. The van der Waals surface area contributed by atoms with Gasteiger partial charge in [-0.05, 0) is 49.2 Å². The summed E-state index contributed by atoms with van der Waals surface area (Å²) in [6, 6.07) is 12.4. The van der Waals surface area contributed by atoms with E-state index in [4.69, 9.17) is 16.0 Å². The van der Waals surface area contributed by atoms with Gasteiger partial charge in [0.15, 0.2) is 11.2 Å². The first-order chi connectivity index (χ1) is 13.4. The van der Waals surface area contributed by atoms with Gasteiger partial charge in [-0.25, -0.2) is 0 Å². The highest BCUT2D eigenvalue weighted by molar-refractivity contribution is 6.31. The van der Waals surface area contributed by atoms with Gasteiger partial charge < -0.3 is 14.2 Å². The molecule has 0 saturated carbocycles. The second-order valence-corrected chi connectivity index (χ2v) is 7.55.